The molecule has 16 heavy (non-hydrogen) atoms. The predicted octanol–water partition coefficient (Wildman–Crippen LogP) is 2.12. The van der Waals surface area contributed by atoms with Crippen molar-refractivity contribution in [2.75, 3.05) is 0 Å². The summed E-state index contributed by atoms with van der Waals surface area (Å²) in [7, 11) is 0. The summed E-state index contributed by atoms with van der Waals surface area (Å²) >= 11 is 0. The number of hydrogen-bond acceptors (Lipinski definition) is 4. The first-order chi connectivity index (χ1) is 7.71. The van der Waals surface area contributed by atoms with Gasteiger partial charge in [0.25, 0.3) is 0 Å². The first-order valence-corrected chi connectivity index (χ1v) is 5.96. The first-order valence-electron chi connectivity index (χ1n) is 5.96. The highest BCUT2D eigenvalue weighted by Gasteiger charge is 2.16. The van der Waals surface area contributed by atoms with Crippen LogP contribution in [0.2, 0.25) is 0 Å². The van der Waals surface area contributed by atoms with Crippen LogP contribution in [0.25, 0.3) is 0 Å². The molecule has 0 fully saturated rings. The van der Waals surface area contributed by atoms with E-state index < -0.39 is 0 Å². The molecule has 1 unspecified atom stereocenters. The van der Waals surface area contributed by atoms with Gasteiger partial charge in [-0.3, -0.25) is 11.3 Å². The van der Waals surface area contributed by atoms with Crippen LogP contribution >= 0.6 is 0 Å². The van der Waals surface area contributed by atoms with E-state index in [1.807, 2.05) is 13.0 Å². The van der Waals surface area contributed by atoms with Gasteiger partial charge in [0.2, 0.25) is 0 Å². The standard InChI is InChI=1S/C12H22N4/c1-4-10(5-2)8-12(16-13)11-6-7-14-9(3)15-11/h6-7,10,12,16H,4-5,8,13H2,1-3H3. The van der Waals surface area contributed by atoms with Gasteiger partial charge in [0.1, 0.15) is 5.82 Å². The Morgan fingerprint density at radius 3 is 2.56 bits per heavy atom. The Morgan fingerprint density at radius 2 is 2.06 bits per heavy atom. The largest absolute Gasteiger partial charge is 0.271 e. The molecule has 0 radical (unpaired) electrons. The molecule has 1 aromatic heterocycles. The van der Waals surface area contributed by atoms with Gasteiger partial charge in [0.15, 0.2) is 0 Å². The SMILES string of the molecule is CCC(CC)CC(NN)c1ccnc(C)n1. The number of rotatable bonds is 6. The van der Waals surface area contributed by atoms with Crippen LogP contribution in [-0.4, -0.2) is 9.97 Å². The van der Waals surface area contributed by atoms with Gasteiger partial charge in [-0.05, 0) is 25.3 Å². The van der Waals surface area contributed by atoms with Crippen LogP contribution in [0.5, 0.6) is 0 Å². The molecule has 0 aliphatic rings. The maximum atomic E-state index is 5.60. The summed E-state index contributed by atoms with van der Waals surface area (Å²) in [5.41, 5.74) is 3.84. The highest BCUT2D eigenvalue weighted by molar-refractivity contribution is 5.07. The summed E-state index contributed by atoms with van der Waals surface area (Å²) in [4.78, 5) is 8.51. The molecule has 4 heteroatoms. The zero-order chi connectivity index (χ0) is 12.0. The zero-order valence-electron chi connectivity index (χ0n) is 10.4. The summed E-state index contributed by atoms with van der Waals surface area (Å²) in [6, 6.07) is 2.06. The van der Waals surface area contributed by atoms with Crippen molar-refractivity contribution >= 4 is 0 Å². The summed E-state index contributed by atoms with van der Waals surface area (Å²) in [5, 5.41) is 0. The quantitative estimate of drug-likeness (QED) is 0.571. The molecular formula is C12H22N4. The Hall–Kier alpha value is -1.00. The average molecular weight is 222 g/mol. The van der Waals surface area contributed by atoms with Crippen LogP contribution in [0.1, 0.15) is 50.7 Å². The molecule has 0 aromatic carbocycles. The van der Waals surface area contributed by atoms with E-state index in [4.69, 9.17) is 5.84 Å². The van der Waals surface area contributed by atoms with Crippen LogP contribution in [0, 0.1) is 12.8 Å². The van der Waals surface area contributed by atoms with E-state index in [0.717, 1.165) is 17.9 Å². The molecule has 1 aromatic rings. The smallest absolute Gasteiger partial charge is 0.125 e. The topological polar surface area (TPSA) is 63.8 Å². The third-order valence-electron chi connectivity index (χ3n) is 3.08. The highest BCUT2D eigenvalue weighted by Crippen LogP contribution is 2.23. The van der Waals surface area contributed by atoms with Crippen LogP contribution in [0.3, 0.4) is 0 Å². The van der Waals surface area contributed by atoms with Gasteiger partial charge in [-0.1, -0.05) is 26.7 Å². The van der Waals surface area contributed by atoms with E-state index in [0.29, 0.717) is 5.92 Å². The van der Waals surface area contributed by atoms with E-state index in [-0.39, 0.29) is 6.04 Å². The monoisotopic (exact) mass is 222 g/mol. The third kappa shape index (κ3) is 3.54. The fourth-order valence-electron chi connectivity index (χ4n) is 1.90. The van der Waals surface area contributed by atoms with E-state index in [1.165, 1.54) is 12.8 Å². The van der Waals surface area contributed by atoms with Crippen molar-refractivity contribution in [3.8, 4) is 0 Å². The van der Waals surface area contributed by atoms with E-state index >= 15 is 0 Å². The minimum atomic E-state index is 0.131. The van der Waals surface area contributed by atoms with Crippen molar-refractivity contribution in [1.82, 2.24) is 15.4 Å². The van der Waals surface area contributed by atoms with Crippen molar-refractivity contribution < 1.29 is 0 Å². The van der Waals surface area contributed by atoms with Gasteiger partial charge in [0, 0.05) is 6.20 Å². The van der Waals surface area contributed by atoms with Crippen molar-refractivity contribution in [3.63, 3.8) is 0 Å². The number of aromatic nitrogens is 2. The summed E-state index contributed by atoms with van der Waals surface area (Å²) in [6.45, 7) is 6.33. The second kappa shape index (κ2) is 6.55. The Labute approximate surface area is 97.7 Å². The van der Waals surface area contributed by atoms with Gasteiger partial charge in [0.05, 0.1) is 11.7 Å². The zero-order valence-corrected chi connectivity index (χ0v) is 10.4. The highest BCUT2D eigenvalue weighted by atomic mass is 15.2. The van der Waals surface area contributed by atoms with Crippen LogP contribution in [-0.2, 0) is 0 Å². The Balaban J connectivity index is 2.74. The van der Waals surface area contributed by atoms with Gasteiger partial charge >= 0.3 is 0 Å². The molecule has 0 aliphatic carbocycles. The van der Waals surface area contributed by atoms with Crippen LogP contribution in [0.15, 0.2) is 12.3 Å². The minimum absolute atomic E-state index is 0.131. The number of aryl methyl sites for hydroxylation is 1. The molecule has 0 amide bonds. The molecule has 0 aliphatic heterocycles. The van der Waals surface area contributed by atoms with Crippen LogP contribution < -0.4 is 11.3 Å². The summed E-state index contributed by atoms with van der Waals surface area (Å²) in [5.74, 6) is 7.09. The van der Waals surface area contributed by atoms with Crippen molar-refractivity contribution in [2.45, 2.75) is 46.1 Å². The summed E-state index contributed by atoms with van der Waals surface area (Å²) < 4.78 is 0. The number of nitrogens with zero attached hydrogens (tertiary/aromatic N) is 2. The summed E-state index contributed by atoms with van der Waals surface area (Å²) in [6.07, 6.45) is 5.17. The second-order valence-electron chi connectivity index (χ2n) is 4.17. The lowest BCUT2D eigenvalue weighted by Crippen LogP contribution is -2.30. The van der Waals surface area contributed by atoms with E-state index in [1.54, 1.807) is 6.20 Å². The van der Waals surface area contributed by atoms with Crippen molar-refractivity contribution in [1.29, 1.82) is 0 Å². The molecule has 0 bridgehead atoms. The number of hydrazine groups is 1. The molecule has 1 heterocycles. The predicted molar refractivity (Wildman–Crippen MR) is 65.5 cm³/mol. The van der Waals surface area contributed by atoms with E-state index in [2.05, 4.69) is 29.2 Å². The maximum Gasteiger partial charge on any atom is 0.125 e. The molecule has 4 nitrogen and oxygen atoms in total. The number of nitrogens with one attached hydrogen (secondary N) is 1. The van der Waals surface area contributed by atoms with Gasteiger partial charge in [-0.2, -0.15) is 0 Å². The minimum Gasteiger partial charge on any atom is -0.271 e. The molecule has 3 N–H and O–H groups in total. The Bertz CT molecular complexity index is 310. The molecular weight excluding hydrogens is 200 g/mol. The molecule has 1 atom stereocenters. The van der Waals surface area contributed by atoms with Crippen molar-refractivity contribution in [2.24, 2.45) is 11.8 Å². The number of hydrogen-bond donors (Lipinski definition) is 2. The molecule has 0 spiro atoms. The van der Waals surface area contributed by atoms with Crippen molar-refractivity contribution in [3.05, 3.63) is 23.8 Å². The Morgan fingerprint density at radius 1 is 1.38 bits per heavy atom. The Kier molecular flexibility index (Phi) is 5.35. The number of nitrogens with two attached hydrogens (primary N) is 1. The van der Waals surface area contributed by atoms with Gasteiger partial charge in [-0.25, -0.2) is 9.97 Å². The van der Waals surface area contributed by atoms with Crippen LogP contribution in [0.4, 0.5) is 0 Å². The maximum absolute atomic E-state index is 5.60. The fraction of sp³-hybridized carbons (Fsp3) is 0.667. The average Bonchev–Trinajstić information content (AvgIpc) is 2.31. The normalized spacial score (nSPS) is 13.1. The fourth-order valence-corrected chi connectivity index (χ4v) is 1.90. The molecule has 1 rings (SSSR count). The van der Waals surface area contributed by atoms with Gasteiger partial charge in [-0.15, -0.1) is 0 Å². The second-order valence-corrected chi connectivity index (χ2v) is 4.17. The molecule has 0 saturated heterocycles. The lowest BCUT2D eigenvalue weighted by atomic mass is 9.93. The first kappa shape index (κ1) is 13.1. The molecule has 0 saturated carbocycles. The lowest BCUT2D eigenvalue weighted by Gasteiger charge is -2.20. The lowest BCUT2D eigenvalue weighted by molar-refractivity contribution is 0.369. The van der Waals surface area contributed by atoms with E-state index in [9.17, 15) is 0 Å². The van der Waals surface area contributed by atoms with Gasteiger partial charge < -0.3 is 0 Å². The molecule has 90 valence electrons. The third-order valence-corrected chi connectivity index (χ3v) is 3.08.